The summed E-state index contributed by atoms with van der Waals surface area (Å²) in [6, 6.07) is 2.54. The second-order valence-corrected chi connectivity index (χ2v) is 6.98. The topological polar surface area (TPSA) is 127 Å². The van der Waals surface area contributed by atoms with Gasteiger partial charge in [0, 0.05) is 0 Å². The average molecular weight is 314 g/mol. The van der Waals surface area contributed by atoms with Gasteiger partial charge in [-0.2, -0.15) is 4.72 Å². The number of hydrogen-bond acceptors (Lipinski definition) is 4. The van der Waals surface area contributed by atoms with Gasteiger partial charge in [0.2, 0.25) is 15.9 Å². The molecule has 0 spiro atoms. The van der Waals surface area contributed by atoms with Crippen LogP contribution in [0.4, 0.5) is 0 Å². The molecule has 0 aliphatic heterocycles. The van der Waals surface area contributed by atoms with E-state index >= 15 is 0 Å². The lowest BCUT2D eigenvalue weighted by Crippen LogP contribution is -2.52. The predicted octanol–water partition coefficient (Wildman–Crippen LogP) is 0.544. The van der Waals surface area contributed by atoms with Crippen molar-refractivity contribution in [1.82, 2.24) is 4.72 Å². The number of carbonyl (C=O) groups is 2. The number of hydrogen-bond donors (Lipinski definition) is 3. The highest BCUT2D eigenvalue weighted by Crippen LogP contribution is 2.22. The number of aryl methyl sites for hydroxylation is 2. The lowest BCUT2D eigenvalue weighted by Gasteiger charge is -2.23. The molecule has 8 heteroatoms. The molecule has 0 saturated heterocycles. The molecule has 21 heavy (non-hydrogen) atoms. The number of nitrogens with two attached hydrogens (primary N) is 1. The van der Waals surface area contributed by atoms with Crippen LogP contribution in [0.1, 0.15) is 35.3 Å². The van der Waals surface area contributed by atoms with E-state index in [1.54, 1.807) is 13.8 Å². The lowest BCUT2D eigenvalue weighted by molar-refractivity contribution is -0.122. The van der Waals surface area contributed by atoms with Crippen LogP contribution in [0, 0.1) is 13.8 Å². The number of benzene rings is 1. The van der Waals surface area contributed by atoms with Gasteiger partial charge in [0.15, 0.2) is 0 Å². The van der Waals surface area contributed by atoms with Gasteiger partial charge in [0.05, 0.1) is 10.5 Å². The van der Waals surface area contributed by atoms with E-state index in [2.05, 4.69) is 4.72 Å². The van der Waals surface area contributed by atoms with Crippen LogP contribution in [0.15, 0.2) is 17.0 Å². The number of carboxylic acids is 1. The quantitative estimate of drug-likeness (QED) is 0.731. The third kappa shape index (κ3) is 3.59. The molecule has 4 N–H and O–H groups in total. The highest BCUT2D eigenvalue weighted by Gasteiger charge is 2.32. The van der Waals surface area contributed by atoms with Crippen LogP contribution in [0.5, 0.6) is 0 Å². The molecule has 0 bridgehead atoms. The number of carbonyl (C=O) groups excluding carboxylic acids is 1. The summed E-state index contributed by atoms with van der Waals surface area (Å²) in [6.45, 7) is 5.78. The van der Waals surface area contributed by atoms with Crippen molar-refractivity contribution >= 4 is 21.9 Å². The van der Waals surface area contributed by atoms with Crippen LogP contribution >= 0.6 is 0 Å². The maximum atomic E-state index is 12.3. The zero-order valence-corrected chi connectivity index (χ0v) is 13.0. The van der Waals surface area contributed by atoms with E-state index in [0.717, 1.165) is 6.07 Å². The summed E-state index contributed by atoms with van der Waals surface area (Å²) in [7, 11) is -4.08. The minimum atomic E-state index is -4.08. The lowest BCUT2D eigenvalue weighted by atomic mass is 10.1. The Kier molecular flexibility index (Phi) is 4.45. The van der Waals surface area contributed by atoms with Gasteiger partial charge in [-0.3, -0.25) is 4.79 Å². The maximum absolute atomic E-state index is 12.3. The van der Waals surface area contributed by atoms with Gasteiger partial charge >= 0.3 is 5.97 Å². The average Bonchev–Trinajstić information content (AvgIpc) is 2.25. The van der Waals surface area contributed by atoms with Crippen LogP contribution in [0.3, 0.4) is 0 Å². The van der Waals surface area contributed by atoms with E-state index in [-0.39, 0.29) is 10.5 Å². The fourth-order valence-electron chi connectivity index (χ4n) is 1.79. The summed E-state index contributed by atoms with van der Waals surface area (Å²) in [5.41, 5.74) is 4.37. The number of rotatable bonds is 5. The fraction of sp³-hybridized carbons (Fsp3) is 0.385. The van der Waals surface area contributed by atoms with Crippen molar-refractivity contribution in [2.24, 2.45) is 5.73 Å². The molecule has 0 heterocycles. The molecule has 0 fully saturated rings. The van der Waals surface area contributed by atoms with Gasteiger partial charge in [-0.25, -0.2) is 13.2 Å². The van der Waals surface area contributed by atoms with Crippen LogP contribution in [-0.4, -0.2) is 30.9 Å². The zero-order chi connectivity index (χ0) is 16.6. The van der Waals surface area contributed by atoms with E-state index in [9.17, 15) is 18.0 Å². The van der Waals surface area contributed by atoms with Crippen LogP contribution in [0.2, 0.25) is 0 Å². The monoisotopic (exact) mass is 314 g/mol. The number of amides is 1. The van der Waals surface area contributed by atoms with Crippen molar-refractivity contribution in [2.75, 3.05) is 0 Å². The number of primary amides is 1. The Hall–Kier alpha value is -1.93. The van der Waals surface area contributed by atoms with Crippen LogP contribution < -0.4 is 10.5 Å². The summed E-state index contributed by atoms with van der Waals surface area (Å²) >= 11 is 0. The minimum Gasteiger partial charge on any atom is -0.478 e. The second-order valence-electron chi connectivity index (χ2n) is 5.33. The maximum Gasteiger partial charge on any atom is 0.335 e. The molecule has 1 rings (SSSR count). The van der Waals surface area contributed by atoms with Crippen molar-refractivity contribution in [3.8, 4) is 0 Å². The molecule has 0 saturated carbocycles. The smallest absolute Gasteiger partial charge is 0.335 e. The molecule has 7 nitrogen and oxygen atoms in total. The fourth-order valence-corrected chi connectivity index (χ4v) is 3.43. The Morgan fingerprint density at radius 1 is 1.19 bits per heavy atom. The van der Waals surface area contributed by atoms with Crippen molar-refractivity contribution < 1.29 is 23.1 Å². The van der Waals surface area contributed by atoms with Crippen LogP contribution in [0.25, 0.3) is 0 Å². The Morgan fingerprint density at radius 2 is 1.71 bits per heavy atom. The first-order valence-electron chi connectivity index (χ1n) is 6.07. The van der Waals surface area contributed by atoms with Crippen molar-refractivity contribution in [3.05, 3.63) is 28.8 Å². The first-order chi connectivity index (χ1) is 9.38. The molecule has 1 aromatic rings. The molecule has 0 aliphatic carbocycles. The van der Waals surface area contributed by atoms with Crippen molar-refractivity contribution in [3.63, 3.8) is 0 Å². The number of sulfonamides is 1. The van der Waals surface area contributed by atoms with Gasteiger partial charge in [0.25, 0.3) is 0 Å². The third-order valence-corrected chi connectivity index (χ3v) is 4.85. The van der Waals surface area contributed by atoms with E-state index in [4.69, 9.17) is 10.8 Å². The van der Waals surface area contributed by atoms with E-state index < -0.39 is 27.4 Å². The summed E-state index contributed by atoms with van der Waals surface area (Å²) in [5.74, 6) is -2.06. The van der Waals surface area contributed by atoms with E-state index in [0.29, 0.717) is 11.1 Å². The molecule has 0 unspecified atom stereocenters. The molecule has 0 aromatic heterocycles. The molecular formula is C13H18N2O5S. The standard InChI is InChI=1S/C13H18N2O5S/c1-7-5-8(2)10(6-9(7)11(16)17)21(19,20)15-13(3,4)12(14)18/h5-6,15H,1-4H3,(H2,14,18)(H,16,17). The van der Waals surface area contributed by atoms with Crippen molar-refractivity contribution in [2.45, 2.75) is 38.1 Å². The number of carboxylic acid groups (broad SMARTS) is 1. The number of nitrogens with one attached hydrogen (secondary N) is 1. The highest BCUT2D eigenvalue weighted by molar-refractivity contribution is 7.89. The minimum absolute atomic E-state index is 0.113. The molecule has 0 atom stereocenters. The van der Waals surface area contributed by atoms with Gasteiger partial charge in [-0.1, -0.05) is 6.07 Å². The molecule has 116 valence electrons. The van der Waals surface area contributed by atoms with E-state index in [1.165, 1.54) is 19.9 Å². The predicted molar refractivity (Wildman–Crippen MR) is 76.5 cm³/mol. The Morgan fingerprint density at radius 3 is 2.14 bits per heavy atom. The second kappa shape index (κ2) is 5.45. The van der Waals surface area contributed by atoms with Gasteiger partial charge in [0.1, 0.15) is 5.54 Å². The normalized spacial score (nSPS) is 12.2. The molecular weight excluding hydrogens is 296 g/mol. The van der Waals surface area contributed by atoms with E-state index in [1.807, 2.05) is 0 Å². The SMILES string of the molecule is Cc1cc(C)c(S(=O)(=O)NC(C)(C)C(N)=O)cc1C(=O)O. The van der Waals surface area contributed by atoms with Crippen molar-refractivity contribution in [1.29, 1.82) is 0 Å². The summed E-state index contributed by atoms with van der Waals surface area (Å²) < 4.78 is 26.9. The highest BCUT2D eigenvalue weighted by atomic mass is 32.2. The molecule has 0 aliphatic rings. The molecule has 1 amide bonds. The van der Waals surface area contributed by atoms with Gasteiger partial charge in [-0.15, -0.1) is 0 Å². The summed E-state index contributed by atoms with van der Waals surface area (Å²) in [5, 5.41) is 9.08. The number of aromatic carboxylic acids is 1. The van der Waals surface area contributed by atoms with Gasteiger partial charge in [-0.05, 0) is 44.9 Å². The Labute approximate surface area is 123 Å². The summed E-state index contributed by atoms with van der Waals surface area (Å²) in [4.78, 5) is 22.2. The van der Waals surface area contributed by atoms with Gasteiger partial charge < -0.3 is 10.8 Å². The largest absolute Gasteiger partial charge is 0.478 e. The molecule has 0 radical (unpaired) electrons. The third-order valence-electron chi connectivity index (χ3n) is 3.05. The Balaban J connectivity index is 3.42. The summed E-state index contributed by atoms with van der Waals surface area (Å²) in [6.07, 6.45) is 0. The Bertz CT molecular complexity index is 708. The zero-order valence-electron chi connectivity index (χ0n) is 12.2. The first kappa shape index (κ1) is 17.1. The first-order valence-corrected chi connectivity index (χ1v) is 7.55. The molecule has 1 aromatic carbocycles. The van der Waals surface area contributed by atoms with Crippen LogP contribution in [-0.2, 0) is 14.8 Å².